The van der Waals surface area contributed by atoms with Gasteiger partial charge in [0.05, 0.1) is 26.1 Å². The predicted octanol–water partition coefficient (Wildman–Crippen LogP) is 0.572. The molecule has 0 fully saturated rings. The van der Waals surface area contributed by atoms with Crippen molar-refractivity contribution in [2.75, 3.05) is 33.8 Å². The van der Waals surface area contributed by atoms with Crippen molar-refractivity contribution in [1.82, 2.24) is 0 Å². The molecule has 0 atom stereocenters. The van der Waals surface area contributed by atoms with E-state index in [9.17, 15) is 14.7 Å². The summed E-state index contributed by atoms with van der Waals surface area (Å²) < 4.78 is 5.91. The SMILES string of the molecule is CCC(C)(C)C(=O)OCC[N+](C)(C)CCCC(=O)[O-]. The highest BCUT2D eigenvalue weighted by Gasteiger charge is 2.27. The van der Waals surface area contributed by atoms with Crippen molar-refractivity contribution in [3.8, 4) is 0 Å². The number of rotatable bonds is 9. The van der Waals surface area contributed by atoms with Gasteiger partial charge >= 0.3 is 5.97 Å². The van der Waals surface area contributed by atoms with Crippen molar-refractivity contribution in [3.63, 3.8) is 0 Å². The average molecular weight is 273 g/mol. The number of likely N-dealkylation sites (N-methyl/N-ethyl adjacent to an activating group) is 1. The quantitative estimate of drug-likeness (QED) is 0.455. The molecule has 5 nitrogen and oxygen atoms in total. The maximum absolute atomic E-state index is 11.8. The third kappa shape index (κ3) is 7.82. The Morgan fingerprint density at radius 2 is 1.79 bits per heavy atom. The summed E-state index contributed by atoms with van der Waals surface area (Å²) in [5.41, 5.74) is -0.438. The van der Waals surface area contributed by atoms with Crippen molar-refractivity contribution in [2.45, 2.75) is 40.0 Å². The third-order valence-corrected chi connectivity index (χ3v) is 3.51. The number of hydrogen-bond acceptors (Lipinski definition) is 4. The molecule has 0 bridgehead atoms. The van der Waals surface area contributed by atoms with E-state index in [0.717, 1.165) is 13.0 Å². The topological polar surface area (TPSA) is 66.4 Å². The highest BCUT2D eigenvalue weighted by Crippen LogP contribution is 2.21. The summed E-state index contributed by atoms with van der Waals surface area (Å²) >= 11 is 0. The van der Waals surface area contributed by atoms with Crippen LogP contribution >= 0.6 is 0 Å². The predicted molar refractivity (Wildman–Crippen MR) is 71.1 cm³/mol. The van der Waals surface area contributed by atoms with Crippen molar-refractivity contribution >= 4 is 11.9 Å². The molecule has 0 aliphatic rings. The van der Waals surface area contributed by atoms with E-state index in [2.05, 4.69) is 0 Å². The summed E-state index contributed by atoms with van der Waals surface area (Å²) in [6, 6.07) is 0. The number of carbonyl (C=O) groups excluding carboxylic acids is 2. The molecule has 0 aliphatic carbocycles. The molecule has 0 aliphatic heterocycles. The van der Waals surface area contributed by atoms with E-state index in [0.29, 0.717) is 24.1 Å². The fourth-order valence-electron chi connectivity index (χ4n) is 1.49. The first-order chi connectivity index (χ1) is 8.60. The van der Waals surface area contributed by atoms with Gasteiger partial charge in [-0.15, -0.1) is 0 Å². The van der Waals surface area contributed by atoms with Gasteiger partial charge in [-0.3, -0.25) is 4.79 Å². The van der Waals surface area contributed by atoms with Gasteiger partial charge in [-0.05, 0) is 26.7 Å². The zero-order valence-electron chi connectivity index (χ0n) is 12.8. The summed E-state index contributed by atoms with van der Waals surface area (Å²) in [6.45, 7) is 7.47. The van der Waals surface area contributed by atoms with Gasteiger partial charge in [-0.1, -0.05) is 6.92 Å². The van der Waals surface area contributed by atoms with E-state index in [1.54, 1.807) is 0 Å². The second kappa shape index (κ2) is 7.48. The molecule has 112 valence electrons. The second-order valence-electron chi connectivity index (χ2n) is 6.23. The lowest BCUT2D eigenvalue weighted by Crippen LogP contribution is -2.44. The molecule has 0 spiro atoms. The highest BCUT2D eigenvalue weighted by molar-refractivity contribution is 5.75. The first-order valence-corrected chi connectivity index (χ1v) is 6.80. The zero-order valence-corrected chi connectivity index (χ0v) is 12.8. The van der Waals surface area contributed by atoms with E-state index in [-0.39, 0.29) is 12.4 Å². The summed E-state index contributed by atoms with van der Waals surface area (Å²) in [6.07, 6.45) is 1.39. The van der Waals surface area contributed by atoms with Crippen molar-refractivity contribution < 1.29 is 23.9 Å². The molecule has 0 aromatic carbocycles. The Kier molecular flexibility index (Phi) is 7.05. The Balaban J connectivity index is 3.98. The minimum absolute atomic E-state index is 0.0737. The molecular formula is C14H27NO4. The van der Waals surface area contributed by atoms with E-state index in [1.807, 2.05) is 34.9 Å². The largest absolute Gasteiger partial charge is 0.550 e. The molecule has 0 saturated carbocycles. The summed E-state index contributed by atoms with van der Waals surface area (Å²) in [5, 5.41) is 10.3. The molecule has 5 heteroatoms. The minimum atomic E-state index is -1.02. The van der Waals surface area contributed by atoms with Crippen molar-refractivity contribution in [3.05, 3.63) is 0 Å². The van der Waals surface area contributed by atoms with Crippen LogP contribution in [0.2, 0.25) is 0 Å². The minimum Gasteiger partial charge on any atom is -0.550 e. The van der Waals surface area contributed by atoms with Crippen LogP contribution in [-0.4, -0.2) is 50.2 Å². The lowest BCUT2D eigenvalue weighted by molar-refractivity contribution is -0.890. The van der Waals surface area contributed by atoms with Gasteiger partial charge in [0.25, 0.3) is 0 Å². The standard InChI is InChI=1S/C14H27NO4/c1-6-14(2,3)13(18)19-11-10-15(4,5)9-7-8-12(16)17/h6-11H2,1-5H3. The lowest BCUT2D eigenvalue weighted by Gasteiger charge is -2.30. The van der Waals surface area contributed by atoms with Crippen LogP contribution in [0.15, 0.2) is 0 Å². The molecule has 19 heavy (non-hydrogen) atoms. The van der Waals surface area contributed by atoms with Gasteiger partial charge in [0.15, 0.2) is 0 Å². The third-order valence-electron chi connectivity index (χ3n) is 3.51. The van der Waals surface area contributed by atoms with Crippen LogP contribution in [0.3, 0.4) is 0 Å². The number of esters is 1. The highest BCUT2D eigenvalue weighted by atomic mass is 16.5. The van der Waals surface area contributed by atoms with Crippen molar-refractivity contribution in [2.24, 2.45) is 5.41 Å². The number of carbonyl (C=O) groups is 2. The van der Waals surface area contributed by atoms with E-state index in [4.69, 9.17) is 4.74 Å². The van der Waals surface area contributed by atoms with E-state index < -0.39 is 11.4 Å². The number of nitrogens with zero attached hydrogens (tertiary/aromatic N) is 1. The van der Waals surface area contributed by atoms with Crippen LogP contribution in [0.4, 0.5) is 0 Å². The maximum atomic E-state index is 11.8. The van der Waals surface area contributed by atoms with Crippen LogP contribution in [0, 0.1) is 5.41 Å². The Morgan fingerprint density at radius 3 is 2.26 bits per heavy atom. The van der Waals surface area contributed by atoms with Gasteiger partial charge in [0.1, 0.15) is 13.2 Å². The molecule has 0 N–H and O–H groups in total. The number of ether oxygens (including phenoxy) is 1. The van der Waals surface area contributed by atoms with Gasteiger partial charge in [-0.2, -0.15) is 0 Å². The number of quaternary nitrogens is 1. The molecule has 0 unspecified atom stereocenters. The molecule has 0 aromatic rings. The Morgan fingerprint density at radius 1 is 1.21 bits per heavy atom. The smallest absolute Gasteiger partial charge is 0.311 e. The first kappa shape index (κ1) is 17.9. The van der Waals surface area contributed by atoms with Gasteiger partial charge < -0.3 is 19.1 Å². The average Bonchev–Trinajstić information content (AvgIpc) is 2.27. The van der Waals surface area contributed by atoms with Crippen LogP contribution in [-0.2, 0) is 14.3 Å². The summed E-state index contributed by atoms with van der Waals surface area (Å²) in [7, 11) is 3.99. The number of carboxylic acids is 1. The Labute approximate surface area is 116 Å². The normalized spacial score (nSPS) is 12.3. The maximum Gasteiger partial charge on any atom is 0.311 e. The fourth-order valence-corrected chi connectivity index (χ4v) is 1.49. The van der Waals surface area contributed by atoms with Gasteiger partial charge in [0.2, 0.25) is 0 Å². The Hall–Kier alpha value is -1.10. The van der Waals surface area contributed by atoms with Crippen molar-refractivity contribution in [1.29, 1.82) is 0 Å². The summed E-state index contributed by atoms with van der Waals surface area (Å²) in [4.78, 5) is 22.1. The van der Waals surface area contributed by atoms with Gasteiger partial charge in [0, 0.05) is 12.4 Å². The second-order valence-corrected chi connectivity index (χ2v) is 6.23. The molecule has 0 heterocycles. The lowest BCUT2D eigenvalue weighted by atomic mass is 9.91. The number of hydrogen-bond donors (Lipinski definition) is 0. The van der Waals surface area contributed by atoms with Gasteiger partial charge in [-0.25, -0.2) is 0 Å². The molecule has 0 saturated heterocycles. The molecule has 0 aromatic heterocycles. The fraction of sp³-hybridized carbons (Fsp3) is 0.857. The molecule has 0 rings (SSSR count). The van der Waals surface area contributed by atoms with Crippen LogP contribution in [0.5, 0.6) is 0 Å². The molecule has 0 radical (unpaired) electrons. The van der Waals surface area contributed by atoms with Crippen LogP contribution in [0.25, 0.3) is 0 Å². The molecular weight excluding hydrogens is 246 g/mol. The molecule has 0 amide bonds. The van der Waals surface area contributed by atoms with Crippen LogP contribution in [0.1, 0.15) is 40.0 Å². The monoisotopic (exact) mass is 273 g/mol. The number of carboxylic acid groups (broad SMARTS) is 1. The first-order valence-electron chi connectivity index (χ1n) is 6.80. The van der Waals surface area contributed by atoms with E-state index >= 15 is 0 Å². The zero-order chi connectivity index (χ0) is 15.1. The number of aliphatic carboxylic acids is 1. The van der Waals surface area contributed by atoms with Crippen LogP contribution < -0.4 is 5.11 Å². The summed E-state index contributed by atoms with van der Waals surface area (Å²) in [5.74, 6) is -1.19. The van der Waals surface area contributed by atoms with E-state index in [1.165, 1.54) is 0 Å². The Bertz CT molecular complexity index is 311.